The number of unbranched alkanes of at least 4 members (excludes halogenated alkanes) is 7. The first-order chi connectivity index (χ1) is 17.7. The molecule has 0 aliphatic rings. The summed E-state index contributed by atoms with van der Waals surface area (Å²) in [6.45, 7) is 2.04. The molecule has 0 N–H and O–H groups in total. The number of halogens is 14. The number of hydrogen-bond donors (Lipinski definition) is 0. The van der Waals surface area contributed by atoms with Gasteiger partial charge in [0, 0.05) is 0 Å². The van der Waals surface area contributed by atoms with Crippen LogP contribution < -0.4 is 4.74 Å². The van der Waals surface area contributed by atoms with Crippen LogP contribution >= 0.6 is 0 Å². The first kappa shape index (κ1) is 35.0. The molecule has 0 spiro atoms. The molecule has 1 rings (SSSR count). The average molecular weight is 599 g/mol. The van der Waals surface area contributed by atoms with E-state index in [2.05, 4.69) is 10.8 Å². The summed E-state index contributed by atoms with van der Waals surface area (Å²) in [5, 5.41) is 0. The summed E-state index contributed by atoms with van der Waals surface area (Å²) in [7, 11) is 0. The molecular weight excluding hydrogens is 574 g/mol. The van der Waals surface area contributed by atoms with Crippen LogP contribution in [0.1, 0.15) is 63.9 Å². The summed E-state index contributed by atoms with van der Waals surface area (Å²) in [6.07, 6.45) is -19.7. The SMILES string of the molecule is CCCCCCCCCCc1cc[c]cc1OC(F)C(F)(F)C(F)(F)OC(F)(F)C(F)(F)C(F)(F)C(F)(F)F. The molecule has 1 aromatic carbocycles. The van der Waals surface area contributed by atoms with Crippen LogP contribution in [0.5, 0.6) is 5.75 Å². The van der Waals surface area contributed by atoms with Crippen molar-refractivity contribution in [2.24, 2.45) is 0 Å². The molecule has 0 aliphatic carbocycles. The monoisotopic (exact) mass is 599 g/mol. The van der Waals surface area contributed by atoms with Crippen molar-refractivity contribution in [3.63, 3.8) is 0 Å². The Morgan fingerprint density at radius 3 is 1.74 bits per heavy atom. The van der Waals surface area contributed by atoms with Gasteiger partial charge in [0.1, 0.15) is 5.75 Å². The summed E-state index contributed by atoms with van der Waals surface area (Å²) in [6, 6.07) is 5.37. The third kappa shape index (κ3) is 8.26. The van der Waals surface area contributed by atoms with E-state index in [1.165, 1.54) is 12.1 Å². The molecule has 16 heteroatoms. The Labute approximate surface area is 214 Å². The van der Waals surface area contributed by atoms with Gasteiger partial charge in [0.15, 0.2) is 0 Å². The normalized spacial score (nSPS) is 14.9. The van der Waals surface area contributed by atoms with Gasteiger partial charge in [-0.3, -0.25) is 0 Å². The first-order valence-electron chi connectivity index (χ1n) is 11.6. The zero-order valence-electron chi connectivity index (χ0n) is 20.3. The Bertz CT molecular complexity index is 886. The first-order valence-corrected chi connectivity index (χ1v) is 11.6. The van der Waals surface area contributed by atoms with Gasteiger partial charge in [-0.05, 0) is 30.5 Å². The second kappa shape index (κ2) is 13.1. The van der Waals surface area contributed by atoms with Gasteiger partial charge < -0.3 is 4.74 Å². The number of hydrogen-bond acceptors (Lipinski definition) is 2. The van der Waals surface area contributed by atoms with Crippen LogP contribution in [0, 0.1) is 6.07 Å². The Morgan fingerprint density at radius 2 is 1.23 bits per heavy atom. The number of alkyl halides is 14. The Morgan fingerprint density at radius 1 is 0.718 bits per heavy atom. The molecular formula is C23H25F14O2. The smallest absolute Gasteiger partial charge is 0.454 e. The lowest BCUT2D eigenvalue weighted by atomic mass is 10.0. The summed E-state index contributed by atoms with van der Waals surface area (Å²) in [5.41, 5.74) is -0.0101. The highest BCUT2D eigenvalue weighted by Gasteiger charge is 2.85. The van der Waals surface area contributed by atoms with Crippen LogP contribution in [-0.4, -0.2) is 42.5 Å². The van der Waals surface area contributed by atoms with E-state index in [1.54, 1.807) is 4.74 Å². The Balaban J connectivity index is 2.96. The van der Waals surface area contributed by atoms with Crippen LogP contribution in [0.3, 0.4) is 0 Å². The van der Waals surface area contributed by atoms with E-state index in [9.17, 15) is 61.5 Å². The summed E-state index contributed by atoms with van der Waals surface area (Å²) in [5.74, 6) is -22.9. The molecule has 1 atom stereocenters. The van der Waals surface area contributed by atoms with Crippen LogP contribution in [0.25, 0.3) is 0 Å². The maximum absolute atomic E-state index is 14.1. The third-order valence-corrected chi connectivity index (χ3v) is 5.49. The molecule has 0 saturated carbocycles. The molecule has 0 aliphatic heterocycles. The summed E-state index contributed by atoms with van der Waals surface area (Å²) >= 11 is 0. The number of ether oxygens (including phenoxy) is 2. The van der Waals surface area contributed by atoms with E-state index in [1.807, 2.05) is 6.92 Å². The second-order valence-electron chi connectivity index (χ2n) is 8.60. The van der Waals surface area contributed by atoms with Gasteiger partial charge in [-0.2, -0.15) is 61.5 Å². The largest absolute Gasteiger partial charge is 0.460 e. The molecule has 39 heavy (non-hydrogen) atoms. The molecule has 1 radical (unpaired) electrons. The van der Waals surface area contributed by atoms with E-state index in [0.29, 0.717) is 18.9 Å². The minimum atomic E-state index is -7.80. The molecule has 1 aromatic rings. The van der Waals surface area contributed by atoms with Crippen molar-refractivity contribution in [1.29, 1.82) is 0 Å². The molecule has 2 nitrogen and oxygen atoms in total. The molecule has 0 bridgehead atoms. The minimum Gasteiger partial charge on any atom is -0.454 e. The fourth-order valence-corrected chi connectivity index (χ4v) is 3.18. The predicted octanol–water partition coefficient (Wildman–Crippen LogP) is 9.51. The summed E-state index contributed by atoms with van der Waals surface area (Å²) < 4.78 is 190. The molecule has 0 aromatic heterocycles. The molecule has 0 heterocycles. The van der Waals surface area contributed by atoms with Crippen molar-refractivity contribution in [3.05, 3.63) is 29.8 Å². The average Bonchev–Trinajstić information content (AvgIpc) is 2.80. The van der Waals surface area contributed by atoms with Gasteiger partial charge in [-0.1, -0.05) is 64.0 Å². The highest BCUT2D eigenvalue weighted by Crippen LogP contribution is 2.56. The van der Waals surface area contributed by atoms with E-state index in [0.717, 1.165) is 38.5 Å². The zero-order valence-corrected chi connectivity index (χ0v) is 20.3. The number of aryl methyl sites for hydroxylation is 1. The molecule has 227 valence electrons. The van der Waals surface area contributed by atoms with Crippen LogP contribution in [0.4, 0.5) is 61.5 Å². The summed E-state index contributed by atoms with van der Waals surface area (Å²) in [4.78, 5) is 0. The molecule has 0 saturated heterocycles. The lowest BCUT2D eigenvalue weighted by Gasteiger charge is -2.36. The minimum absolute atomic E-state index is 0.0101. The van der Waals surface area contributed by atoms with Crippen molar-refractivity contribution in [3.8, 4) is 5.75 Å². The van der Waals surface area contributed by atoms with Crippen molar-refractivity contribution in [1.82, 2.24) is 0 Å². The van der Waals surface area contributed by atoms with Gasteiger partial charge >= 0.3 is 42.5 Å². The van der Waals surface area contributed by atoms with Crippen molar-refractivity contribution in [2.75, 3.05) is 0 Å². The van der Waals surface area contributed by atoms with E-state index in [-0.39, 0.29) is 12.0 Å². The maximum atomic E-state index is 14.1. The molecule has 1 unspecified atom stereocenters. The second-order valence-corrected chi connectivity index (χ2v) is 8.60. The lowest BCUT2D eigenvalue weighted by Crippen LogP contribution is -2.65. The standard InChI is InChI=1S/C23H25F14O2/c1-2-3-4-5-6-7-8-9-12-15-13-10-11-14-16(15)38-17(24)18(25,26)22(34,35)39-23(36,37)20(29,30)19(27,28)21(31,32)33/h10,13-14,17H,2-9,12H2,1H3. The number of rotatable bonds is 17. The Kier molecular flexibility index (Phi) is 11.8. The highest BCUT2D eigenvalue weighted by molar-refractivity contribution is 5.33. The topological polar surface area (TPSA) is 18.5 Å². The van der Waals surface area contributed by atoms with Gasteiger partial charge in [0.05, 0.1) is 0 Å². The van der Waals surface area contributed by atoms with Gasteiger partial charge in [-0.25, -0.2) is 4.74 Å². The number of benzene rings is 1. The zero-order chi connectivity index (χ0) is 30.3. The van der Waals surface area contributed by atoms with Crippen LogP contribution in [0.2, 0.25) is 0 Å². The predicted molar refractivity (Wildman–Crippen MR) is 109 cm³/mol. The lowest BCUT2D eigenvalue weighted by molar-refractivity contribution is -0.508. The molecule has 0 fully saturated rings. The van der Waals surface area contributed by atoms with Crippen LogP contribution in [0.15, 0.2) is 18.2 Å². The highest BCUT2D eigenvalue weighted by atomic mass is 19.4. The van der Waals surface area contributed by atoms with E-state index < -0.39 is 48.3 Å². The molecule has 0 amide bonds. The van der Waals surface area contributed by atoms with Gasteiger partial charge in [-0.15, -0.1) is 0 Å². The van der Waals surface area contributed by atoms with Crippen molar-refractivity contribution in [2.45, 2.75) is 107 Å². The van der Waals surface area contributed by atoms with Gasteiger partial charge in [0.25, 0.3) is 0 Å². The Hall–Kier alpha value is -2.00. The van der Waals surface area contributed by atoms with Crippen molar-refractivity contribution < 1.29 is 70.9 Å². The van der Waals surface area contributed by atoms with Crippen LogP contribution in [-0.2, 0) is 11.2 Å². The maximum Gasteiger partial charge on any atom is 0.460 e. The van der Waals surface area contributed by atoms with E-state index in [4.69, 9.17) is 0 Å². The third-order valence-electron chi connectivity index (χ3n) is 5.49. The fourth-order valence-electron chi connectivity index (χ4n) is 3.18. The van der Waals surface area contributed by atoms with Crippen molar-refractivity contribution >= 4 is 0 Å². The van der Waals surface area contributed by atoms with E-state index >= 15 is 0 Å². The quantitative estimate of drug-likeness (QED) is 0.131. The van der Waals surface area contributed by atoms with Gasteiger partial charge in [0.2, 0.25) is 0 Å². The fraction of sp³-hybridized carbons (Fsp3) is 0.739.